The van der Waals surface area contributed by atoms with Crippen LogP contribution >= 0.6 is 15.9 Å². The van der Waals surface area contributed by atoms with Gasteiger partial charge >= 0.3 is 0 Å². The van der Waals surface area contributed by atoms with Gasteiger partial charge in [-0.1, -0.05) is 101 Å². The summed E-state index contributed by atoms with van der Waals surface area (Å²) in [6, 6.07) is 31.2. The summed E-state index contributed by atoms with van der Waals surface area (Å²) in [4.78, 5) is 29.9. The van der Waals surface area contributed by atoms with Gasteiger partial charge in [-0.05, 0) is 67.8 Å². The molecule has 7 nitrogen and oxygen atoms in total. The maximum absolute atomic E-state index is 14.5. The van der Waals surface area contributed by atoms with Crippen molar-refractivity contribution in [1.29, 1.82) is 0 Å². The van der Waals surface area contributed by atoms with Gasteiger partial charge in [-0.3, -0.25) is 13.9 Å². The third-order valence-electron chi connectivity index (χ3n) is 7.45. The lowest BCUT2D eigenvalue weighted by Crippen LogP contribution is -2.54. The quantitative estimate of drug-likeness (QED) is 0.175. The van der Waals surface area contributed by atoms with Crippen LogP contribution in [0.4, 0.5) is 5.69 Å². The zero-order valence-electron chi connectivity index (χ0n) is 25.2. The molecule has 4 aromatic rings. The molecule has 230 valence electrons. The van der Waals surface area contributed by atoms with Gasteiger partial charge in [0.25, 0.3) is 10.0 Å². The van der Waals surface area contributed by atoms with Crippen molar-refractivity contribution in [2.75, 3.05) is 10.8 Å². The molecule has 0 spiro atoms. The van der Waals surface area contributed by atoms with E-state index in [1.54, 1.807) is 54.6 Å². The number of aryl methyl sites for hydroxylation is 1. The summed E-state index contributed by atoms with van der Waals surface area (Å²) in [6.45, 7) is 5.40. The molecule has 4 aromatic carbocycles. The molecular weight excluding hydrogens is 638 g/mol. The molecule has 0 heterocycles. The van der Waals surface area contributed by atoms with Gasteiger partial charge < -0.3 is 10.2 Å². The maximum atomic E-state index is 14.5. The number of amides is 2. The van der Waals surface area contributed by atoms with E-state index in [1.807, 2.05) is 75.4 Å². The van der Waals surface area contributed by atoms with Crippen molar-refractivity contribution in [3.05, 3.63) is 130 Å². The highest BCUT2D eigenvalue weighted by Gasteiger charge is 2.35. The van der Waals surface area contributed by atoms with Crippen molar-refractivity contribution in [2.45, 2.75) is 57.1 Å². The minimum absolute atomic E-state index is 0.0774. The predicted octanol–water partition coefficient (Wildman–Crippen LogP) is 6.51. The lowest BCUT2D eigenvalue weighted by atomic mass is 10.0. The molecule has 0 saturated carbocycles. The fourth-order valence-electron chi connectivity index (χ4n) is 4.79. The van der Waals surface area contributed by atoms with Crippen molar-refractivity contribution in [3.63, 3.8) is 0 Å². The predicted molar refractivity (Wildman–Crippen MR) is 179 cm³/mol. The van der Waals surface area contributed by atoms with Crippen LogP contribution in [0.3, 0.4) is 0 Å². The Morgan fingerprint density at radius 3 is 2.07 bits per heavy atom. The van der Waals surface area contributed by atoms with Gasteiger partial charge in [0, 0.05) is 23.5 Å². The van der Waals surface area contributed by atoms with Crippen molar-refractivity contribution in [2.24, 2.45) is 0 Å². The summed E-state index contributed by atoms with van der Waals surface area (Å²) in [5, 5.41) is 3.05. The van der Waals surface area contributed by atoms with Crippen LogP contribution in [-0.2, 0) is 32.6 Å². The highest BCUT2D eigenvalue weighted by molar-refractivity contribution is 9.10. The lowest BCUT2D eigenvalue weighted by Gasteiger charge is -2.34. The third kappa shape index (κ3) is 8.57. The van der Waals surface area contributed by atoms with Crippen molar-refractivity contribution < 1.29 is 18.0 Å². The highest BCUT2D eigenvalue weighted by atomic mass is 79.9. The van der Waals surface area contributed by atoms with Crippen LogP contribution < -0.4 is 9.62 Å². The monoisotopic (exact) mass is 675 g/mol. The van der Waals surface area contributed by atoms with Crippen molar-refractivity contribution in [1.82, 2.24) is 10.2 Å². The number of halogens is 1. The minimum atomic E-state index is -4.13. The Bertz CT molecular complexity index is 1650. The van der Waals surface area contributed by atoms with Gasteiger partial charge in [0.05, 0.1) is 10.6 Å². The zero-order valence-corrected chi connectivity index (χ0v) is 27.6. The number of nitrogens with one attached hydrogen (secondary N) is 1. The number of carbonyl (C=O) groups excluding carboxylic acids is 2. The van der Waals surface area contributed by atoms with E-state index in [0.717, 1.165) is 31.9 Å². The fraction of sp³-hybridized carbons (Fsp3) is 0.257. The molecule has 0 aliphatic heterocycles. The van der Waals surface area contributed by atoms with E-state index in [2.05, 4.69) is 21.2 Å². The fourth-order valence-corrected chi connectivity index (χ4v) is 6.65. The zero-order chi connectivity index (χ0) is 31.7. The normalized spacial score (nSPS) is 12.6. The molecule has 2 amide bonds. The number of nitrogens with zero attached hydrogens (tertiary/aromatic N) is 2. The first-order valence-electron chi connectivity index (χ1n) is 14.6. The molecule has 0 aliphatic rings. The van der Waals surface area contributed by atoms with Crippen LogP contribution in [0.2, 0.25) is 0 Å². The average Bonchev–Trinajstić information content (AvgIpc) is 3.02. The average molecular weight is 677 g/mol. The summed E-state index contributed by atoms with van der Waals surface area (Å²) in [6.07, 6.45) is 0.985. The Balaban J connectivity index is 1.79. The molecule has 44 heavy (non-hydrogen) atoms. The molecule has 0 aliphatic carbocycles. The largest absolute Gasteiger partial charge is 0.352 e. The van der Waals surface area contributed by atoms with Gasteiger partial charge in [-0.15, -0.1) is 0 Å². The molecule has 1 N–H and O–H groups in total. The van der Waals surface area contributed by atoms with E-state index in [1.165, 1.54) is 4.90 Å². The van der Waals surface area contributed by atoms with Crippen LogP contribution in [-0.4, -0.2) is 43.8 Å². The number of rotatable bonds is 13. The Hall–Kier alpha value is -3.95. The van der Waals surface area contributed by atoms with Crippen molar-refractivity contribution in [3.8, 4) is 0 Å². The van der Waals surface area contributed by atoms with E-state index in [0.29, 0.717) is 5.69 Å². The number of carbonyl (C=O) groups is 2. The van der Waals surface area contributed by atoms with Crippen LogP contribution in [0.15, 0.2) is 119 Å². The molecule has 9 heteroatoms. The SMILES string of the molecule is CC[C@@H](C)NC(=O)[C@@H](Cc1ccccc1)N(Cc1cccc(Br)c1)C(=O)CN(c1ccccc1)S(=O)(=O)c1ccc(C)cc1. The Morgan fingerprint density at radius 2 is 1.45 bits per heavy atom. The standard InChI is InChI=1S/C35H38BrN3O4S/c1-4-27(3)37-35(41)33(23-28-12-7-5-8-13-28)38(24-29-14-11-15-30(36)22-29)34(40)25-39(31-16-9-6-10-17-31)44(42,43)32-20-18-26(2)19-21-32/h5-22,27,33H,4,23-25H2,1-3H3,(H,37,41)/t27-,33-/m1/s1. The summed E-state index contributed by atoms with van der Waals surface area (Å²) < 4.78 is 30.1. The van der Waals surface area contributed by atoms with Crippen molar-refractivity contribution >= 4 is 43.5 Å². The van der Waals surface area contributed by atoms with Crippen LogP contribution in [0.1, 0.15) is 37.0 Å². The molecule has 0 aromatic heterocycles. The van der Waals surface area contributed by atoms with Gasteiger partial charge in [0.2, 0.25) is 11.8 Å². The van der Waals surface area contributed by atoms with E-state index in [4.69, 9.17) is 0 Å². The van der Waals surface area contributed by atoms with Gasteiger partial charge in [-0.2, -0.15) is 0 Å². The number of anilines is 1. The molecule has 2 atom stereocenters. The lowest BCUT2D eigenvalue weighted by molar-refractivity contribution is -0.140. The Morgan fingerprint density at radius 1 is 0.841 bits per heavy atom. The smallest absolute Gasteiger partial charge is 0.264 e. The number of para-hydroxylation sites is 1. The molecular formula is C35H38BrN3O4S. The topological polar surface area (TPSA) is 86.8 Å². The molecule has 0 fully saturated rings. The van der Waals surface area contributed by atoms with Crippen LogP contribution in [0.25, 0.3) is 0 Å². The van der Waals surface area contributed by atoms with Crippen LogP contribution in [0, 0.1) is 6.92 Å². The number of hydrogen-bond acceptors (Lipinski definition) is 4. The second kappa shape index (κ2) is 15.2. The van der Waals surface area contributed by atoms with Gasteiger partial charge in [-0.25, -0.2) is 8.42 Å². The molecule has 0 unspecified atom stereocenters. The summed E-state index contributed by atoms with van der Waals surface area (Å²) >= 11 is 3.51. The van der Waals surface area contributed by atoms with E-state index < -0.39 is 28.5 Å². The number of benzene rings is 4. The first-order chi connectivity index (χ1) is 21.1. The number of hydrogen-bond donors (Lipinski definition) is 1. The molecule has 4 rings (SSSR count). The third-order valence-corrected chi connectivity index (χ3v) is 9.73. The van der Waals surface area contributed by atoms with E-state index in [9.17, 15) is 18.0 Å². The maximum Gasteiger partial charge on any atom is 0.264 e. The van der Waals surface area contributed by atoms with E-state index >= 15 is 0 Å². The second-order valence-corrected chi connectivity index (χ2v) is 13.6. The van der Waals surface area contributed by atoms with Crippen LogP contribution in [0.5, 0.6) is 0 Å². The van der Waals surface area contributed by atoms with Gasteiger partial charge in [0.15, 0.2) is 0 Å². The first kappa shape index (κ1) is 33.0. The Kier molecular flexibility index (Phi) is 11.4. The summed E-state index contributed by atoms with van der Waals surface area (Å²) in [5.41, 5.74) is 2.96. The minimum Gasteiger partial charge on any atom is -0.352 e. The summed E-state index contributed by atoms with van der Waals surface area (Å²) in [7, 11) is -4.13. The second-order valence-electron chi connectivity index (χ2n) is 10.8. The molecule has 0 radical (unpaired) electrons. The first-order valence-corrected chi connectivity index (χ1v) is 16.8. The Labute approximate surface area is 269 Å². The van der Waals surface area contributed by atoms with Gasteiger partial charge in [0.1, 0.15) is 12.6 Å². The molecule has 0 saturated heterocycles. The van der Waals surface area contributed by atoms with E-state index in [-0.39, 0.29) is 29.8 Å². The molecule has 0 bridgehead atoms. The number of sulfonamides is 1. The highest BCUT2D eigenvalue weighted by Crippen LogP contribution is 2.25. The summed E-state index contributed by atoms with van der Waals surface area (Å²) in [5.74, 6) is -0.788.